The minimum atomic E-state index is -1.52. The maximum atomic E-state index is 10.0. The number of aldehydes is 1. The van der Waals surface area contributed by atoms with Crippen LogP contribution in [-0.2, 0) is 9.53 Å². The number of carbonyl (C=O) groups excluding carboxylic acids is 1. The Morgan fingerprint density at radius 3 is 2.08 bits per heavy atom. The molecule has 0 aliphatic rings. The van der Waals surface area contributed by atoms with Crippen molar-refractivity contribution in [2.75, 3.05) is 7.11 Å². The zero-order chi connectivity index (χ0) is 9.72. The Bertz CT molecular complexity index is 136. The highest BCUT2D eigenvalue weighted by Gasteiger charge is 2.29. The van der Waals surface area contributed by atoms with Crippen molar-refractivity contribution in [2.24, 2.45) is 0 Å². The quantitative estimate of drug-likeness (QED) is 0.437. The van der Waals surface area contributed by atoms with Gasteiger partial charge in [0.05, 0.1) is 6.10 Å². The van der Waals surface area contributed by atoms with E-state index in [-0.39, 0.29) is 6.29 Å². The van der Waals surface area contributed by atoms with Gasteiger partial charge in [0.15, 0.2) is 6.29 Å². The SMILES string of the molecule is CO[C@@H]([C@@H](O)[C@H](O)C=O)[C@@H](C)O. The van der Waals surface area contributed by atoms with Crippen molar-refractivity contribution in [3.8, 4) is 0 Å². The molecule has 0 aromatic rings. The van der Waals surface area contributed by atoms with Crippen LogP contribution in [0, 0.1) is 0 Å². The molecule has 12 heavy (non-hydrogen) atoms. The number of hydrogen-bond acceptors (Lipinski definition) is 5. The van der Waals surface area contributed by atoms with E-state index in [4.69, 9.17) is 10.2 Å². The van der Waals surface area contributed by atoms with Crippen molar-refractivity contribution in [1.29, 1.82) is 0 Å². The van der Waals surface area contributed by atoms with Crippen LogP contribution in [0.3, 0.4) is 0 Å². The number of hydrogen-bond donors (Lipinski definition) is 3. The Morgan fingerprint density at radius 1 is 1.33 bits per heavy atom. The number of methoxy groups -OCH3 is 1. The zero-order valence-electron chi connectivity index (χ0n) is 7.04. The Hall–Kier alpha value is -0.490. The largest absolute Gasteiger partial charge is 0.391 e. The Labute approximate surface area is 70.6 Å². The first-order chi connectivity index (χ1) is 5.54. The maximum Gasteiger partial charge on any atom is 0.151 e. The zero-order valence-corrected chi connectivity index (χ0v) is 7.04. The fraction of sp³-hybridized carbons (Fsp3) is 0.857. The number of aliphatic hydroxyl groups is 3. The highest BCUT2D eigenvalue weighted by atomic mass is 16.5. The van der Waals surface area contributed by atoms with E-state index >= 15 is 0 Å². The summed E-state index contributed by atoms with van der Waals surface area (Å²) in [6.45, 7) is 1.40. The molecular formula is C7H14O5. The van der Waals surface area contributed by atoms with E-state index < -0.39 is 24.4 Å². The first-order valence-corrected chi connectivity index (χ1v) is 3.56. The smallest absolute Gasteiger partial charge is 0.151 e. The first-order valence-electron chi connectivity index (χ1n) is 3.56. The molecule has 0 heterocycles. The normalized spacial score (nSPS) is 21.1. The molecule has 5 nitrogen and oxygen atoms in total. The van der Waals surface area contributed by atoms with Crippen molar-refractivity contribution in [1.82, 2.24) is 0 Å². The molecule has 0 aliphatic heterocycles. The van der Waals surface area contributed by atoms with E-state index in [1.54, 1.807) is 0 Å². The third kappa shape index (κ3) is 2.86. The van der Waals surface area contributed by atoms with Gasteiger partial charge in [0.1, 0.15) is 18.3 Å². The lowest BCUT2D eigenvalue weighted by Crippen LogP contribution is -2.45. The Morgan fingerprint density at radius 2 is 1.83 bits per heavy atom. The predicted molar refractivity (Wildman–Crippen MR) is 40.6 cm³/mol. The van der Waals surface area contributed by atoms with Crippen LogP contribution in [0.25, 0.3) is 0 Å². The fourth-order valence-corrected chi connectivity index (χ4v) is 0.897. The molecule has 0 aromatic carbocycles. The molecule has 0 rings (SSSR count). The van der Waals surface area contributed by atoms with Crippen molar-refractivity contribution in [2.45, 2.75) is 31.3 Å². The fourth-order valence-electron chi connectivity index (χ4n) is 0.897. The summed E-state index contributed by atoms with van der Waals surface area (Å²) in [6, 6.07) is 0. The Kier molecular flexibility index (Phi) is 5.00. The van der Waals surface area contributed by atoms with Crippen LogP contribution in [-0.4, -0.2) is 53.1 Å². The van der Waals surface area contributed by atoms with Crippen LogP contribution in [0.4, 0.5) is 0 Å². The van der Waals surface area contributed by atoms with Crippen molar-refractivity contribution in [3.05, 3.63) is 0 Å². The molecule has 0 fully saturated rings. The molecule has 0 radical (unpaired) electrons. The molecule has 0 saturated carbocycles. The summed E-state index contributed by atoms with van der Waals surface area (Å²) in [5, 5.41) is 27.1. The van der Waals surface area contributed by atoms with Gasteiger partial charge in [0.2, 0.25) is 0 Å². The van der Waals surface area contributed by atoms with Gasteiger partial charge in [-0.05, 0) is 6.92 Å². The predicted octanol–water partition coefficient (Wildman–Crippen LogP) is -1.70. The molecule has 0 amide bonds. The van der Waals surface area contributed by atoms with Crippen molar-refractivity contribution < 1.29 is 24.9 Å². The summed E-state index contributed by atoms with van der Waals surface area (Å²) in [4.78, 5) is 10.0. The minimum absolute atomic E-state index is 0.194. The molecule has 3 N–H and O–H groups in total. The summed E-state index contributed by atoms with van der Waals surface area (Å²) < 4.78 is 4.68. The van der Waals surface area contributed by atoms with Gasteiger partial charge in [0, 0.05) is 7.11 Å². The van der Waals surface area contributed by atoms with E-state index in [0.29, 0.717) is 0 Å². The second-order valence-corrected chi connectivity index (χ2v) is 2.56. The lowest BCUT2D eigenvalue weighted by molar-refractivity contribution is -0.137. The van der Waals surface area contributed by atoms with Gasteiger partial charge in [-0.3, -0.25) is 0 Å². The van der Waals surface area contributed by atoms with Crippen LogP contribution in [0.15, 0.2) is 0 Å². The number of ether oxygens (including phenoxy) is 1. The van der Waals surface area contributed by atoms with Crippen molar-refractivity contribution >= 4 is 6.29 Å². The lowest BCUT2D eigenvalue weighted by Gasteiger charge is -2.24. The van der Waals surface area contributed by atoms with Gasteiger partial charge in [-0.25, -0.2) is 0 Å². The van der Waals surface area contributed by atoms with E-state index in [1.165, 1.54) is 14.0 Å². The lowest BCUT2D eigenvalue weighted by atomic mass is 10.1. The molecule has 72 valence electrons. The Balaban J connectivity index is 4.19. The molecule has 0 aromatic heterocycles. The number of rotatable bonds is 5. The minimum Gasteiger partial charge on any atom is -0.391 e. The second-order valence-electron chi connectivity index (χ2n) is 2.56. The summed E-state index contributed by atoms with van der Waals surface area (Å²) >= 11 is 0. The van der Waals surface area contributed by atoms with Gasteiger partial charge in [0.25, 0.3) is 0 Å². The highest BCUT2D eigenvalue weighted by Crippen LogP contribution is 2.06. The van der Waals surface area contributed by atoms with Crippen LogP contribution < -0.4 is 0 Å². The molecule has 0 bridgehead atoms. The van der Waals surface area contributed by atoms with Gasteiger partial charge < -0.3 is 24.9 Å². The van der Waals surface area contributed by atoms with E-state index in [0.717, 1.165) is 0 Å². The number of aliphatic hydroxyl groups excluding tert-OH is 3. The van der Waals surface area contributed by atoms with Gasteiger partial charge in [-0.1, -0.05) is 0 Å². The first kappa shape index (κ1) is 11.5. The molecule has 0 aliphatic carbocycles. The topological polar surface area (TPSA) is 87.0 Å². The monoisotopic (exact) mass is 178 g/mol. The van der Waals surface area contributed by atoms with Crippen LogP contribution in [0.1, 0.15) is 6.92 Å². The average molecular weight is 178 g/mol. The standard InChI is InChI=1S/C7H14O5/c1-4(9)7(12-2)6(11)5(10)3-8/h3-7,9-11H,1-2H3/t4-,5-,6+,7-/m1/s1. The summed E-state index contributed by atoms with van der Waals surface area (Å²) in [5.41, 5.74) is 0. The van der Waals surface area contributed by atoms with E-state index in [1.807, 2.05) is 0 Å². The molecule has 4 atom stereocenters. The molecule has 5 heteroatoms. The van der Waals surface area contributed by atoms with E-state index in [9.17, 15) is 9.90 Å². The second kappa shape index (κ2) is 5.21. The summed E-state index contributed by atoms with van der Waals surface area (Å²) in [6.07, 6.45) is -4.62. The van der Waals surface area contributed by atoms with Gasteiger partial charge in [-0.2, -0.15) is 0 Å². The summed E-state index contributed by atoms with van der Waals surface area (Å²) in [7, 11) is 1.28. The molecule has 0 saturated heterocycles. The van der Waals surface area contributed by atoms with Gasteiger partial charge in [-0.15, -0.1) is 0 Å². The maximum absolute atomic E-state index is 10.0. The average Bonchev–Trinajstić information content (AvgIpc) is 2.03. The van der Waals surface area contributed by atoms with E-state index in [2.05, 4.69) is 4.74 Å². The summed E-state index contributed by atoms with van der Waals surface area (Å²) in [5.74, 6) is 0. The van der Waals surface area contributed by atoms with Crippen molar-refractivity contribution in [3.63, 3.8) is 0 Å². The molecule has 0 spiro atoms. The third-order valence-corrected chi connectivity index (χ3v) is 1.57. The molecular weight excluding hydrogens is 164 g/mol. The third-order valence-electron chi connectivity index (χ3n) is 1.57. The van der Waals surface area contributed by atoms with Crippen LogP contribution >= 0.6 is 0 Å². The number of carbonyl (C=O) groups is 1. The van der Waals surface area contributed by atoms with Gasteiger partial charge >= 0.3 is 0 Å². The highest BCUT2D eigenvalue weighted by molar-refractivity contribution is 5.56. The van der Waals surface area contributed by atoms with Crippen LogP contribution in [0.2, 0.25) is 0 Å². The van der Waals surface area contributed by atoms with Crippen LogP contribution in [0.5, 0.6) is 0 Å². The molecule has 0 unspecified atom stereocenters.